The van der Waals surface area contributed by atoms with Gasteiger partial charge in [-0.05, 0) is 25.2 Å². The Kier molecular flexibility index (Phi) is 5.35. The van der Waals surface area contributed by atoms with Crippen molar-refractivity contribution >= 4 is 14.2 Å². The number of carbonyl (C=O) groups is 1. The van der Waals surface area contributed by atoms with Gasteiger partial charge in [0.25, 0.3) is 0 Å². The van der Waals surface area contributed by atoms with Crippen molar-refractivity contribution < 1.29 is 22.4 Å². The topological polar surface area (TPSA) is 38.3 Å². The van der Waals surface area contributed by atoms with Crippen molar-refractivity contribution in [2.75, 3.05) is 6.61 Å². The fourth-order valence-electron chi connectivity index (χ4n) is 1.48. The Bertz CT molecular complexity index is 443. The largest absolute Gasteiger partial charge is 0.471 e. The normalized spacial score (nSPS) is 13.9. The molecule has 1 rings (SSSR count). The summed E-state index contributed by atoms with van der Waals surface area (Å²) < 4.78 is 42.7. The van der Waals surface area contributed by atoms with Crippen LogP contribution in [-0.4, -0.2) is 27.0 Å². The predicted molar refractivity (Wildman–Crippen MR) is 72.7 cm³/mol. The van der Waals surface area contributed by atoms with Gasteiger partial charge in [-0.25, -0.2) is 0 Å². The summed E-state index contributed by atoms with van der Waals surface area (Å²) >= 11 is 0. The molecule has 7 heteroatoms. The van der Waals surface area contributed by atoms with Crippen LogP contribution < -0.4 is 5.32 Å². The summed E-state index contributed by atoms with van der Waals surface area (Å²) in [5, 5.41) is 1.98. The first-order valence-electron chi connectivity index (χ1n) is 6.16. The Hall–Kier alpha value is -1.34. The molecule has 0 heterocycles. The average molecular weight is 305 g/mol. The molecule has 1 amide bonds. The van der Waals surface area contributed by atoms with Crippen molar-refractivity contribution in [1.82, 2.24) is 5.32 Å². The van der Waals surface area contributed by atoms with Crippen LogP contribution in [0.4, 0.5) is 13.2 Å². The van der Waals surface area contributed by atoms with Gasteiger partial charge < -0.3 is 9.74 Å². The highest BCUT2D eigenvalue weighted by molar-refractivity contribution is 6.69. The second-order valence-corrected chi connectivity index (χ2v) is 9.87. The van der Waals surface area contributed by atoms with Crippen LogP contribution in [0.3, 0.4) is 0 Å². The van der Waals surface area contributed by atoms with E-state index in [0.29, 0.717) is 5.56 Å². The van der Waals surface area contributed by atoms with Crippen LogP contribution in [0.25, 0.3) is 0 Å². The van der Waals surface area contributed by atoms with Gasteiger partial charge in [0.05, 0.1) is 12.6 Å². The lowest BCUT2D eigenvalue weighted by molar-refractivity contribution is -0.174. The first-order valence-corrected chi connectivity index (χ1v) is 9.57. The maximum Gasteiger partial charge on any atom is 0.471 e. The van der Waals surface area contributed by atoms with Gasteiger partial charge in [0.15, 0.2) is 8.32 Å². The van der Waals surface area contributed by atoms with Crippen LogP contribution in [0.15, 0.2) is 30.3 Å². The number of hydrogen-bond donors (Lipinski definition) is 1. The molecular formula is C13H18F3NO2Si. The summed E-state index contributed by atoms with van der Waals surface area (Å²) in [6.07, 6.45) is -4.90. The monoisotopic (exact) mass is 305 g/mol. The number of alkyl halides is 3. The SMILES string of the molecule is C[Si](C)(C)OC[C@H](NC(=O)C(F)(F)F)c1ccccc1. The van der Waals surface area contributed by atoms with Crippen LogP contribution >= 0.6 is 0 Å². The zero-order valence-electron chi connectivity index (χ0n) is 11.6. The highest BCUT2D eigenvalue weighted by Gasteiger charge is 2.40. The molecule has 1 atom stereocenters. The Morgan fingerprint density at radius 1 is 1.25 bits per heavy atom. The van der Waals surface area contributed by atoms with Crippen molar-refractivity contribution in [2.45, 2.75) is 31.9 Å². The first kappa shape index (κ1) is 16.7. The van der Waals surface area contributed by atoms with Gasteiger partial charge in [-0.3, -0.25) is 4.79 Å². The van der Waals surface area contributed by atoms with Gasteiger partial charge >= 0.3 is 12.1 Å². The lowest BCUT2D eigenvalue weighted by atomic mass is 10.1. The first-order chi connectivity index (χ1) is 9.09. The highest BCUT2D eigenvalue weighted by atomic mass is 28.4. The van der Waals surface area contributed by atoms with E-state index in [4.69, 9.17) is 4.43 Å². The second-order valence-electron chi connectivity index (χ2n) is 5.36. The number of benzene rings is 1. The summed E-state index contributed by atoms with van der Waals surface area (Å²) in [6.45, 7) is 5.82. The van der Waals surface area contributed by atoms with Gasteiger partial charge in [-0.2, -0.15) is 13.2 Å². The highest BCUT2D eigenvalue weighted by Crippen LogP contribution is 2.20. The van der Waals surface area contributed by atoms with E-state index in [1.807, 2.05) is 25.0 Å². The summed E-state index contributed by atoms with van der Waals surface area (Å²) in [7, 11) is -1.88. The fourth-order valence-corrected chi connectivity index (χ4v) is 2.15. The molecule has 0 aliphatic rings. The molecule has 0 spiro atoms. The molecule has 0 aliphatic heterocycles. The lowest BCUT2D eigenvalue weighted by Gasteiger charge is -2.24. The quantitative estimate of drug-likeness (QED) is 0.848. The molecule has 1 aromatic rings. The smallest absolute Gasteiger partial charge is 0.415 e. The van der Waals surface area contributed by atoms with Crippen LogP contribution in [0.5, 0.6) is 0 Å². The maximum atomic E-state index is 12.4. The number of rotatable bonds is 5. The molecule has 0 saturated heterocycles. The summed E-state index contributed by atoms with van der Waals surface area (Å²) in [6, 6.07) is 7.68. The van der Waals surface area contributed by atoms with E-state index in [1.165, 1.54) is 0 Å². The minimum absolute atomic E-state index is 0.0293. The number of halogens is 3. The Morgan fingerprint density at radius 3 is 2.25 bits per heavy atom. The summed E-state index contributed by atoms with van der Waals surface area (Å²) in [5.74, 6) is -1.95. The molecular weight excluding hydrogens is 287 g/mol. The van der Waals surface area contributed by atoms with E-state index >= 15 is 0 Å². The van der Waals surface area contributed by atoms with Crippen LogP contribution in [0, 0.1) is 0 Å². The molecule has 1 aromatic carbocycles. The Labute approximate surface area is 117 Å². The molecule has 20 heavy (non-hydrogen) atoms. The molecule has 0 fully saturated rings. The molecule has 3 nitrogen and oxygen atoms in total. The van der Waals surface area contributed by atoms with Crippen molar-refractivity contribution in [3.63, 3.8) is 0 Å². The van der Waals surface area contributed by atoms with Gasteiger partial charge in [0.2, 0.25) is 0 Å². The Balaban J connectivity index is 2.83. The third kappa shape index (κ3) is 5.75. The zero-order valence-corrected chi connectivity index (χ0v) is 12.6. The van der Waals surface area contributed by atoms with Gasteiger partial charge in [-0.15, -0.1) is 0 Å². The molecule has 0 aromatic heterocycles. The molecule has 0 unspecified atom stereocenters. The van der Waals surface area contributed by atoms with E-state index in [9.17, 15) is 18.0 Å². The standard InChI is InChI=1S/C13H18F3NO2Si/c1-20(2,3)19-9-11(10-7-5-4-6-8-10)17-12(18)13(14,15)16/h4-8,11H,9H2,1-3H3,(H,17,18)/t11-/m0/s1. The fraction of sp³-hybridized carbons (Fsp3) is 0.462. The molecule has 0 saturated carbocycles. The molecule has 112 valence electrons. The van der Waals surface area contributed by atoms with Crippen molar-refractivity contribution in [2.24, 2.45) is 0 Å². The zero-order chi connectivity index (χ0) is 15.4. The van der Waals surface area contributed by atoms with Gasteiger partial charge in [-0.1, -0.05) is 30.3 Å². The number of hydrogen-bond acceptors (Lipinski definition) is 2. The summed E-state index contributed by atoms with van der Waals surface area (Å²) in [4.78, 5) is 11.1. The van der Waals surface area contributed by atoms with E-state index in [-0.39, 0.29) is 6.61 Å². The van der Waals surface area contributed by atoms with E-state index in [1.54, 1.807) is 30.3 Å². The maximum absolute atomic E-state index is 12.4. The van der Waals surface area contributed by atoms with E-state index < -0.39 is 26.4 Å². The van der Waals surface area contributed by atoms with Crippen LogP contribution in [0.1, 0.15) is 11.6 Å². The van der Waals surface area contributed by atoms with Crippen LogP contribution in [0.2, 0.25) is 19.6 Å². The van der Waals surface area contributed by atoms with Crippen molar-refractivity contribution in [1.29, 1.82) is 0 Å². The molecule has 0 aliphatic carbocycles. The van der Waals surface area contributed by atoms with Crippen LogP contribution in [-0.2, 0) is 9.22 Å². The van der Waals surface area contributed by atoms with E-state index in [2.05, 4.69) is 0 Å². The minimum atomic E-state index is -4.90. The number of carbonyl (C=O) groups excluding carboxylic acids is 1. The van der Waals surface area contributed by atoms with Gasteiger partial charge in [0, 0.05) is 0 Å². The van der Waals surface area contributed by atoms with Crippen molar-refractivity contribution in [3.05, 3.63) is 35.9 Å². The number of amides is 1. The summed E-state index contributed by atoms with van der Waals surface area (Å²) in [5.41, 5.74) is 0.586. The molecule has 0 bridgehead atoms. The average Bonchev–Trinajstić information content (AvgIpc) is 2.33. The minimum Gasteiger partial charge on any atom is -0.415 e. The van der Waals surface area contributed by atoms with E-state index in [0.717, 1.165) is 0 Å². The molecule has 0 radical (unpaired) electrons. The molecule has 1 N–H and O–H groups in total. The van der Waals surface area contributed by atoms with Gasteiger partial charge in [0.1, 0.15) is 0 Å². The Morgan fingerprint density at radius 2 is 1.80 bits per heavy atom. The van der Waals surface area contributed by atoms with Crippen molar-refractivity contribution in [3.8, 4) is 0 Å². The number of nitrogens with one attached hydrogen (secondary N) is 1. The third-order valence-electron chi connectivity index (χ3n) is 2.45. The predicted octanol–water partition coefficient (Wildman–Crippen LogP) is 3.26. The second kappa shape index (κ2) is 6.40. The lowest BCUT2D eigenvalue weighted by Crippen LogP contribution is -2.42. The third-order valence-corrected chi connectivity index (χ3v) is 3.48.